The predicted octanol–water partition coefficient (Wildman–Crippen LogP) is 3.01. The molecule has 0 radical (unpaired) electrons. The van der Waals surface area contributed by atoms with E-state index in [9.17, 15) is 0 Å². The SMILES string of the molecule is C1=C(c2ccc(OCC3CCCCO3)cc2)CCNC1. The van der Waals surface area contributed by atoms with Gasteiger partial charge in [0.2, 0.25) is 0 Å². The van der Waals surface area contributed by atoms with Gasteiger partial charge in [0, 0.05) is 13.2 Å². The van der Waals surface area contributed by atoms with Crippen molar-refractivity contribution >= 4 is 5.57 Å². The second-order valence-electron chi connectivity index (χ2n) is 5.51. The van der Waals surface area contributed by atoms with Crippen LogP contribution in [0.15, 0.2) is 30.3 Å². The van der Waals surface area contributed by atoms with E-state index in [0.29, 0.717) is 6.61 Å². The van der Waals surface area contributed by atoms with Crippen LogP contribution >= 0.6 is 0 Å². The van der Waals surface area contributed by atoms with E-state index in [-0.39, 0.29) is 6.10 Å². The van der Waals surface area contributed by atoms with Gasteiger partial charge in [0.05, 0.1) is 6.10 Å². The van der Waals surface area contributed by atoms with Crippen molar-refractivity contribution in [2.75, 3.05) is 26.3 Å². The Morgan fingerprint density at radius 1 is 1.20 bits per heavy atom. The van der Waals surface area contributed by atoms with Gasteiger partial charge in [0.25, 0.3) is 0 Å². The highest BCUT2D eigenvalue weighted by atomic mass is 16.5. The molecule has 0 spiro atoms. The van der Waals surface area contributed by atoms with E-state index < -0.39 is 0 Å². The topological polar surface area (TPSA) is 30.5 Å². The van der Waals surface area contributed by atoms with Gasteiger partial charge in [-0.25, -0.2) is 0 Å². The molecule has 0 bridgehead atoms. The largest absolute Gasteiger partial charge is 0.491 e. The van der Waals surface area contributed by atoms with Crippen LogP contribution < -0.4 is 10.1 Å². The monoisotopic (exact) mass is 273 g/mol. The fourth-order valence-corrected chi connectivity index (χ4v) is 2.78. The lowest BCUT2D eigenvalue weighted by atomic mass is 10.0. The molecule has 1 aromatic carbocycles. The molecule has 1 aromatic rings. The van der Waals surface area contributed by atoms with Gasteiger partial charge >= 0.3 is 0 Å². The molecule has 3 rings (SSSR count). The van der Waals surface area contributed by atoms with Gasteiger partial charge < -0.3 is 14.8 Å². The highest BCUT2D eigenvalue weighted by Gasteiger charge is 2.14. The number of ether oxygens (including phenoxy) is 2. The minimum absolute atomic E-state index is 0.274. The lowest BCUT2D eigenvalue weighted by Crippen LogP contribution is -2.25. The zero-order valence-corrected chi connectivity index (χ0v) is 11.9. The summed E-state index contributed by atoms with van der Waals surface area (Å²) in [4.78, 5) is 0. The van der Waals surface area contributed by atoms with Crippen molar-refractivity contribution in [2.24, 2.45) is 0 Å². The summed E-state index contributed by atoms with van der Waals surface area (Å²) >= 11 is 0. The van der Waals surface area contributed by atoms with Crippen molar-refractivity contribution in [3.05, 3.63) is 35.9 Å². The van der Waals surface area contributed by atoms with Crippen LogP contribution in [0.4, 0.5) is 0 Å². The molecule has 3 heteroatoms. The van der Waals surface area contributed by atoms with E-state index in [1.165, 1.54) is 24.0 Å². The van der Waals surface area contributed by atoms with Crippen molar-refractivity contribution in [1.82, 2.24) is 5.32 Å². The standard InChI is InChI=1S/C17H23NO2/c1-2-12-19-17(3-1)13-20-16-6-4-14(5-7-16)15-8-10-18-11-9-15/h4-8,17-18H,1-3,9-13H2. The normalized spacial score (nSPS) is 23.2. The summed E-state index contributed by atoms with van der Waals surface area (Å²) in [6.45, 7) is 3.61. The molecule has 108 valence electrons. The summed E-state index contributed by atoms with van der Waals surface area (Å²) in [6.07, 6.45) is 7.23. The molecule has 0 aromatic heterocycles. The van der Waals surface area contributed by atoms with E-state index in [4.69, 9.17) is 9.47 Å². The lowest BCUT2D eigenvalue weighted by Gasteiger charge is -2.22. The Balaban J connectivity index is 1.54. The maximum atomic E-state index is 5.83. The Morgan fingerprint density at radius 3 is 2.80 bits per heavy atom. The van der Waals surface area contributed by atoms with Crippen LogP contribution in [-0.4, -0.2) is 32.4 Å². The fraction of sp³-hybridized carbons (Fsp3) is 0.529. The second-order valence-corrected chi connectivity index (χ2v) is 5.51. The Hall–Kier alpha value is -1.32. The van der Waals surface area contributed by atoms with Gasteiger partial charge in [-0.15, -0.1) is 0 Å². The van der Waals surface area contributed by atoms with E-state index in [0.717, 1.165) is 38.3 Å². The first-order valence-corrected chi connectivity index (χ1v) is 7.66. The first-order valence-electron chi connectivity index (χ1n) is 7.66. The van der Waals surface area contributed by atoms with Crippen LogP contribution in [0, 0.1) is 0 Å². The minimum atomic E-state index is 0.274. The average molecular weight is 273 g/mol. The first kappa shape index (κ1) is 13.7. The molecule has 2 aliphatic rings. The van der Waals surface area contributed by atoms with Gasteiger partial charge in [-0.1, -0.05) is 18.2 Å². The summed E-state index contributed by atoms with van der Waals surface area (Å²) < 4.78 is 11.5. The number of hydrogen-bond acceptors (Lipinski definition) is 3. The van der Waals surface area contributed by atoms with Crippen LogP contribution in [0.3, 0.4) is 0 Å². The van der Waals surface area contributed by atoms with Crippen LogP contribution in [0.25, 0.3) is 5.57 Å². The molecular formula is C17H23NO2. The maximum absolute atomic E-state index is 5.83. The molecule has 3 nitrogen and oxygen atoms in total. The third kappa shape index (κ3) is 3.62. The molecular weight excluding hydrogens is 250 g/mol. The van der Waals surface area contributed by atoms with Gasteiger partial charge in [-0.05, 0) is 55.5 Å². The third-order valence-corrected chi connectivity index (χ3v) is 4.00. The zero-order chi connectivity index (χ0) is 13.6. The van der Waals surface area contributed by atoms with E-state index in [1.807, 2.05) is 0 Å². The van der Waals surface area contributed by atoms with Crippen LogP contribution in [0.2, 0.25) is 0 Å². The summed E-state index contributed by atoms with van der Waals surface area (Å²) in [7, 11) is 0. The predicted molar refractivity (Wildman–Crippen MR) is 81.0 cm³/mol. The second kappa shape index (κ2) is 6.91. The van der Waals surface area contributed by atoms with Crippen molar-refractivity contribution < 1.29 is 9.47 Å². The van der Waals surface area contributed by atoms with Gasteiger partial charge in [-0.2, -0.15) is 0 Å². The van der Waals surface area contributed by atoms with Gasteiger partial charge in [0.15, 0.2) is 0 Å². The average Bonchev–Trinajstić information content (AvgIpc) is 2.55. The molecule has 2 heterocycles. The number of benzene rings is 1. The summed E-state index contributed by atoms with van der Waals surface area (Å²) in [5, 5.41) is 3.34. The van der Waals surface area contributed by atoms with Crippen LogP contribution in [-0.2, 0) is 4.74 Å². The van der Waals surface area contributed by atoms with Crippen molar-refractivity contribution in [3.8, 4) is 5.75 Å². The molecule has 1 unspecified atom stereocenters. The molecule has 1 atom stereocenters. The van der Waals surface area contributed by atoms with Gasteiger partial charge in [0.1, 0.15) is 12.4 Å². The maximum Gasteiger partial charge on any atom is 0.119 e. The molecule has 20 heavy (non-hydrogen) atoms. The van der Waals surface area contributed by atoms with Crippen molar-refractivity contribution in [2.45, 2.75) is 31.8 Å². The van der Waals surface area contributed by atoms with E-state index in [1.54, 1.807) is 0 Å². The summed E-state index contributed by atoms with van der Waals surface area (Å²) in [5.41, 5.74) is 2.75. The molecule has 1 saturated heterocycles. The number of nitrogens with one attached hydrogen (secondary N) is 1. The third-order valence-electron chi connectivity index (χ3n) is 4.00. The van der Waals surface area contributed by atoms with E-state index >= 15 is 0 Å². The summed E-state index contributed by atoms with van der Waals surface area (Å²) in [5.74, 6) is 0.942. The van der Waals surface area contributed by atoms with Crippen molar-refractivity contribution in [1.29, 1.82) is 0 Å². The molecule has 0 saturated carbocycles. The summed E-state index contributed by atoms with van der Waals surface area (Å²) in [6, 6.07) is 8.46. The Morgan fingerprint density at radius 2 is 2.10 bits per heavy atom. The molecule has 0 aliphatic carbocycles. The Labute approximate surface area is 121 Å². The van der Waals surface area contributed by atoms with Crippen LogP contribution in [0.1, 0.15) is 31.2 Å². The highest BCUT2D eigenvalue weighted by Crippen LogP contribution is 2.23. The quantitative estimate of drug-likeness (QED) is 0.914. The molecule has 0 amide bonds. The van der Waals surface area contributed by atoms with E-state index in [2.05, 4.69) is 35.7 Å². The lowest BCUT2D eigenvalue weighted by molar-refractivity contribution is -0.0110. The number of hydrogen-bond donors (Lipinski definition) is 1. The van der Waals surface area contributed by atoms with Gasteiger partial charge in [-0.3, -0.25) is 0 Å². The highest BCUT2D eigenvalue weighted by molar-refractivity contribution is 5.67. The Kier molecular flexibility index (Phi) is 4.72. The smallest absolute Gasteiger partial charge is 0.119 e. The van der Waals surface area contributed by atoms with Crippen molar-refractivity contribution in [3.63, 3.8) is 0 Å². The fourth-order valence-electron chi connectivity index (χ4n) is 2.78. The Bertz CT molecular complexity index is 447. The molecule has 1 N–H and O–H groups in total. The minimum Gasteiger partial charge on any atom is -0.491 e. The zero-order valence-electron chi connectivity index (χ0n) is 11.9. The molecule has 2 aliphatic heterocycles. The van der Waals surface area contributed by atoms with Crippen LogP contribution in [0.5, 0.6) is 5.75 Å². The first-order chi connectivity index (χ1) is 9.92. The molecule has 1 fully saturated rings. The number of rotatable bonds is 4.